The van der Waals surface area contributed by atoms with Crippen molar-refractivity contribution in [3.63, 3.8) is 0 Å². The van der Waals surface area contributed by atoms with Gasteiger partial charge in [0.15, 0.2) is 0 Å². The molecule has 0 aromatic heterocycles. The standard InChI is InChI=1S/C56H107NO5/c1-3-5-7-9-11-13-15-16-27-30-34-38-42-46-50-56(61)62-51-47-43-39-35-31-28-25-23-21-19-17-18-20-22-24-26-29-33-37-41-45-49-55(60)57-53(52-58)54(59)48-44-40-36-32-14-12-10-8-6-4-2/h18,20,44,48,53-54,58-59H,3-17,19,21-43,45-47,49-52H2,1-2H3,(H,57,60)/b20-18-,48-44+. The first-order valence-corrected chi connectivity index (χ1v) is 27.6. The van der Waals surface area contributed by atoms with Gasteiger partial charge in [-0.1, -0.05) is 250 Å². The molecule has 0 radical (unpaired) electrons. The van der Waals surface area contributed by atoms with E-state index in [0.717, 1.165) is 44.9 Å². The summed E-state index contributed by atoms with van der Waals surface area (Å²) in [5.74, 6) is -0.0680. The van der Waals surface area contributed by atoms with Gasteiger partial charge in [0.05, 0.1) is 25.4 Å². The molecule has 2 unspecified atom stereocenters. The van der Waals surface area contributed by atoms with Crippen molar-refractivity contribution in [1.29, 1.82) is 0 Å². The summed E-state index contributed by atoms with van der Waals surface area (Å²) in [6.45, 7) is 4.88. The van der Waals surface area contributed by atoms with Crippen LogP contribution in [0.4, 0.5) is 0 Å². The van der Waals surface area contributed by atoms with E-state index in [1.54, 1.807) is 6.08 Å². The average molecular weight is 874 g/mol. The van der Waals surface area contributed by atoms with Gasteiger partial charge in [-0.25, -0.2) is 0 Å². The number of amides is 1. The number of carbonyl (C=O) groups excluding carboxylic acids is 2. The van der Waals surface area contributed by atoms with Gasteiger partial charge in [0.2, 0.25) is 5.91 Å². The number of allylic oxidation sites excluding steroid dienone is 3. The van der Waals surface area contributed by atoms with Crippen molar-refractivity contribution in [3.8, 4) is 0 Å². The number of carbonyl (C=O) groups is 2. The molecule has 0 aliphatic heterocycles. The third-order valence-electron chi connectivity index (χ3n) is 12.7. The maximum Gasteiger partial charge on any atom is 0.305 e. The summed E-state index contributed by atoms with van der Waals surface area (Å²) in [6, 6.07) is -0.631. The van der Waals surface area contributed by atoms with Gasteiger partial charge < -0.3 is 20.3 Å². The van der Waals surface area contributed by atoms with Gasteiger partial charge in [-0.15, -0.1) is 0 Å². The summed E-state index contributed by atoms with van der Waals surface area (Å²) in [4.78, 5) is 24.4. The van der Waals surface area contributed by atoms with Crippen LogP contribution in [0.2, 0.25) is 0 Å². The number of esters is 1. The molecule has 2 atom stereocenters. The molecule has 0 spiro atoms. The fourth-order valence-electron chi connectivity index (χ4n) is 8.45. The van der Waals surface area contributed by atoms with E-state index < -0.39 is 12.1 Å². The Labute approximate surface area is 386 Å². The molecule has 0 rings (SSSR count). The van der Waals surface area contributed by atoms with E-state index in [1.807, 2.05) is 6.08 Å². The molecule has 366 valence electrons. The minimum atomic E-state index is -0.847. The molecule has 6 heteroatoms. The van der Waals surface area contributed by atoms with Gasteiger partial charge in [-0.05, 0) is 57.8 Å². The Bertz CT molecular complexity index is 966. The van der Waals surface area contributed by atoms with Crippen molar-refractivity contribution in [3.05, 3.63) is 24.3 Å². The maximum atomic E-state index is 12.4. The predicted molar refractivity (Wildman–Crippen MR) is 269 cm³/mol. The number of aliphatic hydroxyl groups is 2. The summed E-state index contributed by atoms with van der Waals surface area (Å²) >= 11 is 0. The van der Waals surface area contributed by atoms with Gasteiger partial charge in [0, 0.05) is 12.8 Å². The Morgan fingerprint density at radius 2 is 0.758 bits per heavy atom. The first-order valence-electron chi connectivity index (χ1n) is 27.6. The third-order valence-corrected chi connectivity index (χ3v) is 12.7. The largest absolute Gasteiger partial charge is 0.466 e. The van der Waals surface area contributed by atoms with Crippen molar-refractivity contribution < 1.29 is 24.5 Å². The molecular weight excluding hydrogens is 767 g/mol. The maximum absolute atomic E-state index is 12.4. The van der Waals surface area contributed by atoms with Crippen LogP contribution in [0.1, 0.15) is 296 Å². The third kappa shape index (κ3) is 47.8. The lowest BCUT2D eigenvalue weighted by atomic mass is 10.0. The molecule has 0 aliphatic rings. The number of hydrogen-bond acceptors (Lipinski definition) is 5. The molecule has 62 heavy (non-hydrogen) atoms. The van der Waals surface area contributed by atoms with Crippen molar-refractivity contribution in [2.75, 3.05) is 13.2 Å². The van der Waals surface area contributed by atoms with Gasteiger partial charge in [0.25, 0.3) is 0 Å². The molecule has 3 N–H and O–H groups in total. The highest BCUT2D eigenvalue weighted by Gasteiger charge is 2.18. The summed E-state index contributed by atoms with van der Waals surface area (Å²) in [5.41, 5.74) is 0. The van der Waals surface area contributed by atoms with Crippen LogP contribution in [0.3, 0.4) is 0 Å². The van der Waals surface area contributed by atoms with Gasteiger partial charge in [-0.3, -0.25) is 9.59 Å². The first-order chi connectivity index (χ1) is 30.5. The van der Waals surface area contributed by atoms with E-state index in [-0.39, 0.29) is 18.5 Å². The lowest BCUT2D eigenvalue weighted by Crippen LogP contribution is -2.45. The highest BCUT2D eigenvalue weighted by molar-refractivity contribution is 5.76. The van der Waals surface area contributed by atoms with E-state index in [2.05, 4.69) is 31.3 Å². The van der Waals surface area contributed by atoms with Crippen LogP contribution >= 0.6 is 0 Å². The SMILES string of the molecule is CCCCCCCCCC/C=C/C(O)C(CO)NC(=O)CCCCCCCCC/C=C\CCCCCCCCCCCCOC(=O)CCCCCCCCCCCCCCCC. The molecular formula is C56H107NO5. The molecule has 0 aromatic carbocycles. The van der Waals surface area contributed by atoms with E-state index in [0.29, 0.717) is 19.4 Å². The van der Waals surface area contributed by atoms with Gasteiger partial charge in [0.1, 0.15) is 0 Å². The van der Waals surface area contributed by atoms with Gasteiger partial charge >= 0.3 is 5.97 Å². The molecule has 0 bridgehead atoms. The van der Waals surface area contributed by atoms with Gasteiger partial charge in [-0.2, -0.15) is 0 Å². The van der Waals surface area contributed by atoms with Crippen LogP contribution in [-0.4, -0.2) is 47.4 Å². The van der Waals surface area contributed by atoms with Crippen LogP contribution in [-0.2, 0) is 14.3 Å². The lowest BCUT2D eigenvalue weighted by Gasteiger charge is -2.20. The smallest absolute Gasteiger partial charge is 0.305 e. The summed E-state index contributed by atoms with van der Waals surface area (Å²) in [5, 5.41) is 22.9. The number of aliphatic hydroxyl groups excluding tert-OH is 2. The van der Waals surface area contributed by atoms with Crippen LogP contribution in [0.15, 0.2) is 24.3 Å². The zero-order chi connectivity index (χ0) is 45.1. The number of unbranched alkanes of at least 4 members (excludes halogenated alkanes) is 38. The Morgan fingerprint density at radius 3 is 1.15 bits per heavy atom. The quantitative estimate of drug-likeness (QED) is 0.0321. The van der Waals surface area contributed by atoms with E-state index >= 15 is 0 Å². The summed E-state index contributed by atoms with van der Waals surface area (Å²) < 4.78 is 5.47. The zero-order valence-corrected chi connectivity index (χ0v) is 41.6. The minimum Gasteiger partial charge on any atom is -0.466 e. The van der Waals surface area contributed by atoms with Crippen molar-refractivity contribution in [2.24, 2.45) is 0 Å². The Morgan fingerprint density at radius 1 is 0.435 bits per heavy atom. The second-order valence-electron chi connectivity index (χ2n) is 18.9. The first kappa shape index (κ1) is 60.3. The van der Waals surface area contributed by atoms with Crippen LogP contribution in [0.5, 0.6) is 0 Å². The normalized spacial score (nSPS) is 12.8. The molecule has 0 saturated heterocycles. The topological polar surface area (TPSA) is 95.9 Å². The second kappa shape index (κ2) is 52.0. The summed E-state index contributed by atoms with van der Waals surface area (Å²) in [7, 11) is 0. The fourth-order valence-corrected chi connectivity index (χ4v) is 8.45. The van der Waals surface area contributed by atoms with E-state index in [1.165, 1.54) is 225 Å². The Kier molecular flexibility index (Phi) is 50.6. The second-order valence-corrected chi connectivity index (χ2v) is 18.9. The molecule has 0 aromatic rings. The highest BCUT2D eigenvalue weighted by atomic mass is 16.5. The Hall–Kier alpha value is -1.66. The predicted octanol–water partition coefficient (Wildman–Crippen LogP) is 16.7. The molecule has 0 heterocycles. The highest BCUT2D eigenvalue weighted by Crippen LogP contribution is 2.16. The van der Waals surface area contributed by atoms with Crippen molar-refractivity contribution in [2.45, 2.75) is 309 Å². The minimum absolute atomic E-state index is 0.00954. The molecule has 0 aliphatic carbocycles. The van der Waals surface area contributed by atoms with E-state index in [4.69, 9.17) is 4.74 Å². The average Bonchev–Trinajstić information content (AvgIpc) is 3.27. The molecule has 0 fully saturated rings. The monoisotopic (exact) mass is 874 g/mol. The van der Waals surface area contributed by atoms with Crippen LogP contribution in [0, 0.1) is 0 Å². The lowest BCUT2D eigenvalue weighted by molar-refractivity contribution is -0.143. The molecule has 0 saturated carbocycles. The van der Waals surface area contributed by atoms with Crippen LogP contribution in [0.25, 0.3) is 0 Å². The number of hydrogen-bond donors (Lipinski definition) is 3. The zero-order valence-electron chi connectivity index (χ0n) is 41.6. The van der Waals surface area contributed by atoms with Crippen molar-refractivity contribution in [1.82, 2.24) is 5.32 Å². The fraction of sp³-hybridized carbons (Fsp3) is 0.893. The number of nitrogens with one attached hydrogen (secondary N) is 1. The Balaban J connectivity index is 3.41. The summed E-state index contributed by atoms with van der Waals surface area (Å²) in [6.07, 6.45) is 62.0. The molecule has 6 nitrogen and oxygen atoms in total. The number of ether oxygens (including phenoxy) is 1. The van der Waals surface area contributed by atoms with Crippen molar-refractivity contribution >= 4 is 11.9 Å². The number of rotatable bonds is 51. The van der Waals surface area contributed by atoms with E-state index in [9.17, 15) is 19.8 Å². The molecule has 1 amide bonds. The van der Waals surface area contributed by atoms with Crippen LogP contribution < -0.4 is 5.32 Å².